The van der Waals surface area contributed by atoms with E-state index in [1.807, 2.05) is 13.2 Å². The van der Waals surface area contributed by atoms with Gasteiger partial charge in [-0.05, 0) is 32.4 Å². The van der Waals surface area contributed by atoms with Crippen LogP contribution in [0.4, 0.5) is 0 Å². The van der Waals surface area contributed by atoms with Gasteiger partial charge in [0.1, 0.15) is 0 Å². The van der Waals surface area contributed by atoms with Crippen molar-refractivity contribution in [3.63, 3.8) is 0 Å². The molecular weight excluding hydrogens is 198 g/mol. The van der Waals surface area contributed by atoms with Gasteiger partial charge in [-0.3, -0.25) is 4.68 Å². The Balaban J connectivity index is 1.95. The molecule has 84 valence electrons. The van der Waals surface area contributed by atoms with Gasteiger partial charge in [0.05, 0.1) is 17.8 Å². The fourth-order valence-electron chi connectivity index (χ4n) is 2.72. The SMILES string of the molecule is CNC1CCC(n2ncc3ccccc32)C1. The van der Waals surface area contributed by atoms with E-state index in [1.165, 1.54) is 30.2 Å². The lowest BCUT2D eigenvalue weighted by Crippen LogP contribution is -2.21. The Morgan fingerprint density at radius 1 is 1.31 bits per heavy atom. The van der Waals surface area contributed by atoms with Crippen molar-refractivity contribution in [2.45, 2.75) is 31.3 Å². The van der Waals surface area contributed by atoms with Crippen LogP contribution in [-0.4, -0.2) is 22.9 Å². The van der Waals surface area contributed by atoms with Crippen molar-refractivity contribution in [3.8, 4) is 0 Å². The molecule has 1 fully saturated rings. The van der Waals surface area contributed by atoms with Crippen molar-refractivity contribution < 1.29 is 0 Å². The molecule has 1 heterocycles. The second-order valence-corrected chi connectivity index (χ2v) is 4.60. The van der Waals surface area contributed by atoms with E-state index >= 15 is 0 Å². The Labute approximate surface area is 95.5 Å². The van der Waals surface area contributed by atoms with E-state index in [-0.39, 0.29) is 0 Å². The first kappa shape index (κ1) is 9.85. The first-order chi connectivity index (χ1) is 7.88. The monoisotopic (exact) mass is 215 g/mol. The largest absolute Gasteiger partial charge is 0.317 e. The van der Waals surface area contributed by atoms with Crippen molar-refractivity contribution >= 4 is 10.9 Å². The average Bonchev–Trinajstić information content (AvgIpc) is 2.94. The molecule has 0 spiro atoms. The Morgan fingerprint density at radius 3 is 3.00 bits per heavy atom. The quantitative estimate of drug-likeness (QED) is 0.833. The molecule has 1 aliphatic carbocycles. The molecular formula is C13H17N3. The molecule has 1 aromatic carbocycles. The number of hydrogen-bond acceptors (Lipinski definition) is 2. The lowest BCUT2D eigenvalue weighted by atomic mass is 10.2. The Kier molecular flexibility index (Phi) is 2.40. The van der Waals surface area contributed by atoms with Crippen LogP contribution in [0.15, 0.2) is 30.5 Å². The highest BCUT2D eigenvalue weighted by Gasteiger charge is 2.25. The maximum Gasteiger partial charge on any atom is 0.0685 e. The third-order valence-electron chi connectivity index (χ3n) is 3.66. The molecule has 2 unspecified atom stereocenters. The molecule has 1 aromatic heterocycles. The molecule has 3 rings (SSSR count). The third-order valence-corrected chi connectivity index (χ3v) is 3.66. The predicted octanol–water partition coefficient (Wildman–Crippen LogP) is 2.35. The molecule has 1 saturated carbocycles. The number of fused-ring (bicyclic) bond motifs is 1. The van der Waals surface area contributed by atoms with Crippen LogP contribution < -0.4 is 5.32 Å². The van der Waals surface area contributed by atoms with Crippen LogP contribution in [0.2, 0.25) is 0 Å². The Bertz CT molecular complexity index is 489. The average molecular weight is 215 g/mol. The highest BCUT2D eigenvalue weighted by Crippen LogP contribution is 2.31. The zero-order valence-electron chi connectivity index (χ0n) is 9.56. The second kappa shape index (κ2) is 3.91. The fourth-order valence-corrected chi connectivity index (χ4v) is 2.72. The number of nitrogens with one attached hydrogen (secondary N) is 1. The molecule has 1 aliphatic rings. The minimum Gasteiger partial charge on any atom is -0.317 e. The first-order valence-corrected chi connectivity index (χ1v) is 5.98. The molecule has 2 atom stereocenters. The van der Waals surface area contributed by atoms with Gasteiger partial charge in [0.2, 0.25) is 0 Å². The van der Waals surface area contributed by atoms with E-state index in [0.717, 1.165) is 0 Å². The molecule has 0 bridgehead atoms. The Hall–Kier alpha value is -1.35. The number of nitrogens with zero attached hydrogens (tertiary/aromatic N) is 2. The molecule has 0 aliphatic heterocycles. The predicted molar refractivity (Wildman–Crippen MR) is 65.5 cm³/mol. The zero-order chi connectivity index (χ0) is 11.0. The minimum absolute atomic E-state index is 0.567. The van der Waals surface area contributed by atoms with Gasteiger partial charge in [-0.25, -0.2) is 0 Å². The second-order valence-electron chi connectivity index (χ2n) is 4.60. The third kappa shape index (κ3) is 1.52. The summed E-state index contributed by atoms with van der Waals surface area (Å²) in [6.07, 6.45) is 5.66. The van der Waals surface area contributed by atoms with Gasteiger partial charge in [-0.1, -0.05) is 18.2 Å². The molecule has 2 aromatic rings. The van der Waals surface area contributed by atoms with E-state index in [2.05, 4.69) is 39.4 Å². The smallest absolute Gasteiger partial charge is 0.0685 e. The summed E-state index contributed by atoms with van der Waals surface area (Å²) in [6, 6.07) is 9.67. The van der Waals surface area contributed by atoms with Crippen LogP contribution >= 0.6 is 0 Å². The summed E-state index contributed by atoms with van der Waals surface area (Å²) in [5, 5.41) is 9.14. The summed E-state index contributed by atoms with van der Waals surface area (Å²) in [6.45, 7) is 0. The van der Waals surface area contributed by atoms with Crippen molar-refractivity contribution in [1.82, 2.24) is 15.1 Å². The Morgan fingerprint density at radius 2 is 2.19 bits per heavy atom. The summed E-state index contributed by atoms with van der Waals surface area (Å²) in [5.41, 5.74) is 1.27. The lowest BCUT2D eigenvalue weighted by Gasteiger charge is -2.12. The maximum atomic E-state index is 4.53. The van der Waals surface area contributed by atoms with E-state index < -0.39 is 0 Å². The topological polar surface area (TPSA) is 29.9 Å². The van der Waals surface area contributed by atoms with Gasteiger partial charge >= 0.3 is 0 Å². The summed E-state index contributed by atoms with van der Waals surface area (Å²) >= 11 is 0. The van der Waals surface area contributed by atoms with Crippen molar-refractivity contribution in [2.75, 3.05) is 7.05 Å². The summed E-state index contributed by atoms with van der Waals surface area (Å²) < 4.78 is 2.20. The van der Waals surface area contributed by atoms with E-state index in [9.17, 15) is 0 Å². The van der Waals surface area contributed by atoms with Crippen molar-refractivity contribution in [2.24, 2.45) is 0 Å². The van der Waals surface area contributed by atoms with Crippen LogP contribution in [0, 0.1) is 0 Å². The van der Waals surface area contributed by atoms with Crippen LogP contribution in [0.25, 0.3) is 10.9 Å². The summed E-state index contributed by atoms with van der Waals surface area (Å²) in [7, 11) is 2.05. The van der Waals surface area contributed by atoms with Gasteiger partial charge < -0.3 is 5.32 Å². The van der Waals surface area contributed by atoms with E-state index in [4.69, 9.17) is 0 Å². The first-order valence-electron chi connectivity index (χ1n) is 5.98. The molecule has 3 nitrogen and oxygen atoms in total. The maximum absolute atomic E-state index is 4.53. The van der Waals surface area contributed by atoms with E-state index in [1.54, 1.807) is 0 Å². The summed E-state index contributed by atoms with van der Waals surface area (Å²) in [5.74, 6) is 0. The van der Waals surface area contributed by atoms with Gasteiger partial charge in [0.25, 0.3) is 0 Å². The van der Waals surface area contributed by atoms with Crippen molar-refractivity contribution in [1.29, 1.82) is 0 Å². The number of hydrogen-bond donors (Lipinski definition) is 1. The van der Waals surface area contributed by atoms with Crippen molar-refractivity contribution in [3.05, 3.63) is 30.5 Å². The van der Waals surface area contributed by atoms with Crippen LogP contribution in [0.3, 0.4) is 0 Å². The van der Waals surface area contributed by atoms with Crippen LogP contribution in [-0.2, 0) is 0 Å². The number of aromatic nitrogens is 2. The number of benzene rings is 1. The minimum atomic E-state index is 0.567. The van der Waals surface area contributed by atoms with Gasteiger partial charge in [-0.15, -0.1) is 0 Å². The zero-order valence-corrected chi connectivity index (χ0v) is 9.56. The highest BCUT2D eigenvalue weighted by molar-refractivity contribution is 5.78. The van der Waals surface area contributed by atoms with Gasteiger partial charge in [-0.2, -0.15) is 5.10 Å². The molecule has 3 heteroatoms. The molecule has 0 radical (unpaired) electrons. The fraction of sp³-hybridized carbons (Fsp3) is 0.462. The molecule has 16 heavy (non-hydrogen) atoms. The van der Waals surface area contributed by atoms with Gasteiger partial charge in [0.15, 0.2) is 0 Å². The molecule has 1 N–H and O–H groups in total. The highest BCUT2D eigenvalue weighted by atomic mass is 15.3. The van der Waals surface area contributed by atoms with Crippen LogP contribution in [0.1, 0.15) is 25.3 Å². The summed E-state index contributed by atoms with van der Waals surface area (Å²) in [4.78, 5) is 0. The number of rotatable bonds is 2. The lowest BCUT2D eigenvalue weighted by molar-refractivity contribution is 0.463. The standard InChI is InChI=1S/C13H17N3/c1-14-11-6-7-12(8-11)16-13-5-3-2-4-10(13)9-15-16/h2-5,9,11-12,14H,6-8H2,1H3. The van der Waals surface area contributed by atoms with Crippen LogP contribution in [0.5, 0.6) is 0 Å². The van der Waals surface area contributed by atoms with E-state index in [0.29, 0.717) is 12.1 Å². The van der Waals surface area contributed by atoms with Gasteiger partial charge in [0, 0.05) is 11.4 Å². The number of para-hydroxylation sites is 1. The normalized spacial score (nSPS) is 25.3. The molecule has 0 amide bonds. The molecule has 0 saturated heterocycles.